The average molecular weight is 247 g/mol. The highest BCUT2D eigenvalue weighted by Crippen LogP contribution is 2.00. The molecule has 0 aliphatic heterocycles. The quantitative estimate of drug-likeness (QED) is 0.785. The molecule has 72 valence electrons. The minimum Gasteiger partial charge on any atom is -0.390 e. The van der Waals surface area contributed by atoms with Crippen LogP contribution in [-0.2, 0) is 6.54 Å². The van der Waals surface area contributed by atoms with Gasteiger partial charge in [-0.2, -0.15) is 0 Å². The number of aliphatic hydroxyl groups is 1. The molecule has 13 heavy (non-hydrogen) atoms. The van der Waals surface area contributed by atoms with Crippen LogP contribution in [0.3, 0.4) is 0 Å². The molecule has 1 heterocycles. The molecule has 0 bridgehead atoms. The van der Waals surface area contributed by atoms with Crippen LogP contribution in [0, 0.1) is 0 Å². The van der Waals surface area contributed by atoms with Gasteiger partial charge in [0.25, 0.3) is 5.56 Å². The number of nitrogens with zero attached hydrogens (tertiary/aromatic N) is 1. The zero-order valence-corrected chi connectivity index (χ0v) is 8.57. The summed E-state index contributed by atoms with van der Waals surface area (Å²) in [7, 11) is 0. The Morgan fingerprint density at radius 3 is 3.00 bits per heavy atom. The van der Waals surface area contributed by atoms with Crippen molar-refractivity contribution in [2.45, 2.75) is 12.6 Å². The van der Waals surface area contributed by atoms with Gasteiger partial charge in [-0.25, -0.2) is 0 Å². The molecule has 1 aromatic rings. The van der Waals surface area contributed by atoms with Crippen molar-refractivity contribution < 1.29 is 5.11 Å². The van der Waals surface area contributed by atoms with E-state index in [0.717, 1.165) is 0 Å². The summed E-state index contributed by atoms with van der Waals surface area (Å²) in [5.74, 6) is 0. The maximum Gasteiger partial charge on any atom is 0.264 e. The molecule has 0 amide bonds. The molecule has 1 atom stereocenters. The topological polar surface area (TPSA) is 68.2 Å². The molecule has 0 aromatic carbocycles. The van der Waals surface area contributed by atoms with Crippen LogP contribution in [0.15, 0.2) is 27.6 Å². The van der Waals surface area contributed by atoms with Gasteiger partial charge in [-0.3, -0.25) is 4.79 Å². The van der Waals surface area contributed by atoms with E-state index in [0.29, 0.717) is 4.47 Å². The summed E-state index contributed by atoms with van der Waals surface area (Å²) < 4.78 is 1.90. The van der Waals surface area contributed by atoms with Crippen LogP contribution in [0.4, 0.5) is 0 Å². The second-order valence-electron chi connectivity index (χ2n) is 2.70. The van der Waals surface area contributed by atoms with Gasteiger partial charge in [0.15, 0.2) is 0 Å². The molecule has 0 saturated heterocycles. The Balaban J connectivity index is 2.89. The van der Waals surface area contributed by atoms with E-state index >= 15 is 0 Å². The van der Waals surface area contributed by atoms with Crippen molar-refractivity contribution >= 4 is 15.9 Å². The molecule has 5 heteroatoms. The fraction of sp³-hybridized carbons (Fsp3) is 0.375. The normalized spacial score (nSPS) is 12.8. The third-order valence-corrected chi connectivity index (χ3v) is 2.26. The van der Waals surface area contributed by atoms with Gasteiger partial charge in [-0.1, -0.05) is 0 Å². The van der Waals surface area contributed by atoms with Crippen LogP contribution in [0.1, 0.15) is 0 Å². The standard InChI is InChI=1S/C8H11BrN2O2/c9-7-2-1-3-11(8(7)13)5-6(12)4-10/h1-3,6,12H,4-5,10H2. The first-order chi connectivity index (χ1) is 6.15. The number of pyridine rings is 1. The molecule has 0 radical (unpaired) electrons. The Bertz CT molecular complexity index is 337. The van der Waals surface area contributed by atoms with Gasteiger partial charge in [0.2, 0.25) is 0 Å². The summed E-state index contributed by atoms with van der Waals surface area (Å²) in [6, 6.07) is 3.39. The Labute approximate surface area is 84.1 Å². The highest BCUT2D eigenvalue weighted by molar-refractivity contribution is 9.10. The summed E-state index contributed by atoms with van der Waals surface area (Å²) in [6.45, 7) is 0.383. The molecule has 3 N–H and O–H groups in total. The van der Waals surface area contributed by atoms with Crippen LogP contribution < -0.4 is 11.3 Å². The smallest absolute Gasteiger partial charge is 0.264 e. The third kappa shape index (κ3) is 2.65. The number of rotatable bonds is 3. The van der Waals surface area contributed by atoms with Crippen LogP contribution in [0.5, 0.6) is 0 Å². The lowest BCUT2D eigenvalue weighted by Gasteiger charge is -2.09. The molecular formula is C8H11BrN2O2. The fourth-order valence-electron chi connectivity index (χ4n) is 0.953. The second kappa shape index (κ2) is 4.55. The Kier molecular flexibility index (Phi) is 3.65. The number of aromatic nitrogens is 1. The van der Waals surface area contributed by atoms with Crippen molar-refractivity contribution in [2.75, 3.05) is 6.54 Å². The molecular weight excluding hydrogens is 236 g/mol. The predicted molar refractivity (Wildman–Crippen MR) is 53.5 cm³/mol. The Hall–Kier alpha value is -0.650. The van der Waals surface area contributed by atoms with E-state index in [1.165, 1.54) is 4.57 Å². The van der Waals surface area contributed by atoms with Crippen molar-refractivity contribution in [3.05, 3.63) is 33.2 Å². The first-order valence-electron chi connectivity index (χ1n) is 3.88. The maximum atomic E-state index is 11.4. The Morgan fingerprint density at radius 1 is 1.69 bits per heavy atom. The number of nitrogens with two attached hydrogens (primary N) is 1. The third-order valence-electron chi connectivity index (χ3n) is 1.65. The van der Waals surface area contributed by atoms with Gasteiger partial charge in [-0.05, 0) is 28.1 Å². The van der Waals surface area contributed by atoms with Gasteiger partial charge in [0.1, 0.15) is 0 Å². The van der Waals surface area contributed by atoms with E-state index < -0.39 is 6.10 Å². The number of hydrogen-bond acceptors (Lipinski definition) is 3. The number of hydrogen-bond donors (Lipinski definition) is 2. The van der Waals surface area contributed by atoms with Crippen molar-refractivity contribution in [3.8, 4) is 0 Å². The fourth-order valence-corrected chi connectivity index (χ4v) is 1.33. The van der Waals surface area contributed by atoms with Gasteiger partial charge in [0, 0.05) is 12.7 Å². The van der Waals surface area contributed by atoms with E-state index in [-0.39, 0.29) is 18.6 Å². The lowest BCUT2D eigenvalue weighted by molar-refractivity contribution is 0.160. The minimum absolute atomic E-state index is 0.152. The van der Waals surface area contributed by atoms with Crippen LogP contribution in [0.2, 0.25) is 0 Å². The average Bonchev–Trinajstić information content (AvgIpc) is 2.13. The summed E-state index contributed by atoms with van der Waals surface area (Å²) in [4.78, 5) is 11.4. The molecule has 0 aliphatic rings. The summed E-state index contributed by atoms with van der Waals surface area (Å²) in [5.41, 5.74) is 5.07. The van der Waals surface area contributed by atoms with Gasteiger partial charge < -0.3 is 15.4 Å². The van der Waals surface area contributed by atoms with E-state index in [2.05, 4.69) is 15.9 Å². The van der Waals surface area contributed by atoms with Gasteiger partial charge >= 0.3 is 0 Å². The molecule has 1 rings (SSSR count). The van der Waals surface area contributed by atoms with Gasteiger partial charge in [-0.15, -0.1) is 0 Å². The summed E-state index contributed by atoms with van der Waals surface area (Å²) in [5, 5.41) is 9.23. The SMILES string of the molecule is NCC(O)Cn1cccc(Br)c1=O. The van der Waals surface area contributed by atoms with Crippen LogP contribution in [-0.4, -0.2) is 22.3 Å². The molecule has 1 aromatic heterocycles. The lowest BCUT2D eigenvalue weighted by Crippen LogP contribution is -2.30. The van der Waals surface area contributed by atoms with Gasteiger partial charge in [0.05, 0.1) is 17.1 Å². The monoisotopic (exact) mass is 246 g/mol. The summed E-state index contributed by atoms with van der Waals surface area (Å²) >= 11 is 3.11. The zero-order valence-electron chi connectivity index (χ0n) is 6.98. The lowest BCUT2D eigenvalue weighted by atomic mass is 10.3. The van der Waals surface area contributed by atoms with Crippen LogP contribution >= 0.6 is 15.9 Å². The molecule has 0 spiro atoms. The van der Waals surface area contributed by atoms with E-state index in [1.807, 2.05) is 0 Å². The highest BCUT2D eigenvalue weighted by Gasteiger charge is 2.04. The first kappa shape index (κ1) is 10.4. The molecule has 0 aliphatic carbocycles. The maximum absolute atomic E-state index is 11.4. The van der Waals surface area contributed by atoms with E-state index in [9.17, 15) is 9.90 Å². The minimum atomic E-state index is -0.674. The highest BCUT2D eigenvalue weighted by atomic mass is 79.9. The summed E-state index contributed by atoms with van der Waals surface area (Å²) in [6.07, 6.45) is 0.943. The Morgan fingerprint density at radius 2 is 2.38 bits per heavy atom. The molecule has 0 fully saturated rings. The molecule has 0 saturated carbocycles. The van der Waals surface area contributed by atoms with Crippen molar-refractivity contribution in [3.63, 3.8) is 0 Å². The van der Waals surface area contributed by atoms with Crippen molar-refractivity contribution in [1.82, 2.24) is 4.57 Å². The number of halogens is 1. The zero-order chi connectivity index (χ0) is 9.84. The molecule has 4 nitrogen and oxygen atoms in total. The first-order valence-corrected chi connectivity index (χ1v) is 4.67. The largest absolute Gasteiger partial charge is 0.390 e. The van der Waals surface area contributed by atoms with E-state index in [4.69, 9.17) is 5.73 Å². The van der Waals surface area contributed by atoms with Crippen LogP contribution in [0.25, 0.3) is 0 Å². The number of aliphatic hydroxyl groups excluding tert-OH is 1. The van der Waals surface area contributed by atoms with Crippen molar-refractivity contribution in [2.24, 2.45) is 5.73 Å². The van der Waals surface area contributed by atoms with E-state index in [1.54, 1.807) is 18.3 Å². The molecule has 1 unspecified atom stereocenters. The predicted octanol–water partition coefficient (Wildman–Crippen LogP) is -0.0696. The van der Waals surface area contributed by atoms with Crippen molar-refractivity contribution in [1.29, 1.82) is 0 Å². The second-order valence-corrected chi connectivity index (χ2v) is 3.56.